The summed E-state index contributed by atoms with van der Waals surface area (Å²) in [4.78, 5) is 38.5. The second-order valence-electron chi connectivity index (χ2n) is 6.59. The lowest BCUT2D eigenvalue weighted by Crippen LogP contribution is -2.46. The molecule has 1 aromatic carbocycles. The molecule has 1 fully saturated rings. The highest BCUT2D eigenvalue weighted by atomic mass is 16.2. The van der Waals surface area contributed by atoms with Crippen molar-refractivity contribution in [3.63, 3.8) is 0 Å². The third kappa shape index (κ3) is 3.31. The first kappa shape index (κ1) is 17.3. The molecule has 2 amide bonds. The van der Waals surface area contributed by atoms with E-state index >= 15 is 0 Å². The van der Waals surface area contributed by atoms with E-state index in [0.29, 0.717) is 19.6 Å². The number of piperidine rings is 1. The van der Waals surface area contributed by atoms with Crippen LogP contribution in [0.25, 0.3) is 11.0 Å². The van der Waals surface area contributed by atoms with Crippen molar-refractivity contribution in [1.82, 2.24) is 14.0 Å². The molecule has 1 atom stereocenters. The highest BCUT2D eigenvalue weighted by molar-refractivity contribution is 5.82. The zero-order valence-electron chi connectivity index (χ0n) is 14.5. The van der Waals surface area contributed by atoms with Crippen LogP contribution in [0.1, 0.15) is 26.2 Å². The highest BCUT2D eigenvalue weighted by Crippen LogP contribution is 2.18. The number of nitrogens with zero attached hydrogens (tertiary/aromatic N) is 3. The van der Waals surface area contributed by atoms with Crippen molar-refractivity contribution in [1.29, 1.82) is 0 Å². The van der Waals surface area contributed by atoms with Crippen LogP contribution in [0.15, 0.2) is 29.1 Å². The molecule has 1 aliphatic rings. The summed E-state index contributed by atoms with van der Waals surface area (Å²) in [5, 5.41) is 0. The predicted molar refractivity (Wildman–Crippen MR) is 95.0 cm³/mol. The van der Waals surface area contributed by atoms with Crippen LogP contribution in [0.2, 0.25) is 0 Å². The lowest BCUT2D eigenvalue weighted by molar-refractivity contribution is -0.135. The minimum absolute atomic E-state index is 0.0124. The summed E-state index contributed by atoms with van der Waals surface area (Å²) in [6, 6.07) is 7.52. The Morgan fingerprint density at radius 3 is 2.52 bits per heavy atom. The Labute approximate surface area is 146 Å². The van der Waals surface area contributed by atoms with E-state index in [9.17, 15) is 14.4 Å². The number of benzene rings is 1. The van der Waals surface area contributed by atoms with E-state index in [1.54, 1.807) is 9.47 Å². The van der Waals surface area contributed by atoms with Gasteiger partial charge in [-0.2, -0.15) is 0 Å². The van der Waals surface area contributed by atoms with Gasteiger partial charge in [-0.25, -0.2) is 4.79 Å². The number of para-hydroxylation sites is 2. The van der Waals surface area contributed by atoms with Gasteiger partial charge in [-0.3, -0.25) is 18.7 Å². The summed E-state index contributed by atoms with van der Waals surface area (Å²) in [7, 11) is 0. The van der Waals surface area contributed by atoms with Crippen molar-refractivity contribution in [2.45, 2.75) is 39.3 Å². The maximum absolute atomic E-state index is 12.8. The Balaban J connectivity index is 1.88. The van der Waals surface area contributed by atoms with Crippen LogP contribution in [0.3, 0.4) is 0 Å². The molecule has 134 valence electrons. The van der Waals surface area contributed by atoms with E-state index in [2.05, 4.69) is 0 Å². The molecule has 1 aliphatic heterocycles. The number of amides is 2. The number of hydrogen-bond donors (Lipinski definition) is 1. The summed E-state index contributed by atoms with van der Waals surface area (Å²) < 4.78 is 3.24. The molecule has 0 spiro atoms. The van der Waals surface area contributed by atoms with E-state index < -0.39 is 0 Å². The maximum Gasteiger partial charge on any atom is 0.329 e. The van der Waals surface area contributed by atoms with E-state index in [0.717, 1.165) is 30.3 Å². The largest absolute Gasteiger partial charge is 0.369 e. The molecule has 7 nitrogen and oxygen atoms in total. The number of rotatable bonds is 5. The Morgan fingerprint density at radius 2 is 1.88 bits per heavy atom. The van der Waals surface area contributed by atoms with Crippen LogP contribution in [-0.2, 0) is 22.7 Å². The van der Waals surface area contributed by atoms with Crippen molar-refractivity contribution >= 4 is 22.8 Å². The molecule has 1 aromatic heterocycles. The van der Waals surface area contributed by atoms with Crippen molar-refractivity contribution in [2.75, 3.05) is 13.1 Å². The Bertz CT molecular complexity index is 852. The molecule has 0 aliphatic carbocycles. The average Bonchev–Trinajstić information content (AvgIpc) is 2.88. The smallest absolute Gasteiger partial charge is 0.329 e. The first-order valence-corrected chi connectivity index (χ1v) is 8.78. The zero-order valence-corrected chi connectivity index (χ0v) is 14.5. The van der Waals surface area contributed by atoms with Crippen LogP contribution in [0, 0.1) is 5.92 Å². The van der Waals surface area contributed by atoms with Gasteiger partial charge in [0.05, 0.1) is 17.0 Å². The molecule has 2 aromatic rings. The van der Waals surface area contributed by atoms with Gasteiger partial charge in [0.2, 0.25) is 11.8 Å². The topological polar surface area (TPSA) is 90.3 Å². The number of carbonyl (C=O) groups is 2. The Morgan fingerprint density at radius 1 is 1.20 bits per heavy atom. The number of imidazole rings is 1. The van der Waals surface area contributed by atoms with Crippen LogP contribution < -0.4 is 11.4 Å². The van der Waals surface area contributed by atoms with Gasteiger partial charge in [-0.05, 0) is 31.4 Å². The van der Waals surface area contributed by atoms with Crippen LogP contribution in [0.4, 0.5) is 0 Å². The molecule has 0 radical (unpaired) electrons. The van der Waals surface area contributed by atoms with Gasteiger partial charge in [0.15, 0.2) is 0 Å². The third-order valence-electron chi connectivity index (χ3n) is 4.84. The van der Waals surface area contributed by atoms with Gasteiger partial charge in [-0.15, -0.1) is 0 Å². The number of carbonyl (C=O) groups excluding carboxylic acids is 2. The van der Waals surface area contributed by atoms with Crippen molar-refractivity contribution in [3.05, 3.63) is 34.7 Å². The molecule has 2 N–H and O–H groups in total. The van der Waals surface area contributed by atoms with E-state index in [4.69, 9.17) is 5.73 Å². The fourth-order valence-corrected chi connectivity index (χ4v) is 3.54. The lowest BCUT2D eigenvalue weighted by Gasteiger charge is -2.31. The molecule has 1 saturated heterocycles. The molecule has 0 bridgehead atoms. The third-order valence-corrected chi connectivity index (χ3v) is 4.84. The average molecular weight is 344 g/mol. The molecule has 2 heterocycles. The second kappa shape index (κ2) is 7.13. The quantitative estimate of drug-likeness (QED) is 0.875. The number of aryl methyl sites for hydroxylation is 1. The molecule has 0 unspecified atom stereocenters. The fourth-order valence-electron chi connectivity index (χ4n) is 3.54. The standard InChI is InChI=1S/C18H24N4O3/c1-2-9-21-14-7-3-4-8-15(14)22(18(21)25)12-16(23)20-10-5-6-13(11-20)17(19)24/h3-4,7-8,13H,2,5-6,9-12H2,1H3,(H2,19,24)/t13-/m0/s1. The Kier molecular flexibility index (Phi) is 4.92. The molecule has 3 rings (SSSR count). The van der Waals surface area contributed by atoms with E-state index in [1.165, 1.54) is 4.57 Å². The SMILES string of the molecule is CCCn1c(=O)n(CC(=O)N2CCC[C@H](C(N)=O)C2)c2ccccc21. The first-order chi connectivity index (χ1) is 12.0. The normalized spacial score (nSPS) is 17.8. The van der Waals surface area contributed by atoms with Gasteiger partial charge in [0, 0.05) is 19.6 Å². The van der Waals surface area contributed by atoms with Gasteiger partial charge in [-0.1, -0.05) is 19.1 Å². The molecule has 0 saturated carbocycles. The summed E-state index contributed by atoms with van der Waals surface area (Å²) >= 11 is 0. The zero-order chi connectivity index (χ0) is 18.0. The monoisotopic (exact) mass is 344 g/mol. The van der Waals surface area contributed by atoms with E-state index in [-0.39, 0.29) is 30.0 Å². The molecule has 7 heteroatoms. The van der Waals surface area contributed by atoms with Crippen LogP contribution in [0.5, 0.6) is 0 Å². The summed E-state index contributed by atoms with van der Waals surface area (Å²) in [5.41, 5.74) is 6.82. The van der Waals surface area contributed by atoms with Crippen LogP contribution >= 0.6 is 0 Å². The minimum atomic E-state index is -0.366. The van der Waals surface area contributed by atoms with Crippen LogP contribution in [-0.4, -0.2) is 38.9 Å². The lowest BCUT2D eigenvalue weighted by atomic mass is 9.97. The van der Waals surface area contributed by atoms with Crippen molar-refractivity contribution < 1.29 is 9.59 Å². The predicted octanol–water partition coefficient (Wildman–Crippen LogP) is 0.937. The van der Waals surface area contributed by atoms with Crippen molar-refractivity contribution in [3.8, 4) is 0 Å². The summed E-state index contributed by atoms with van der Waals surface area (Å²) in [6.07, 6.45) is 2.31. The number of nitrogens with two attached hydrogens (primary N) is 1. The van der Waals surface area contributed by atoms with Gasteiger partial charge in [0.1, 0.15) is 6.54 Å². The maximum atomic E-state index is 12.8. The molecule has 25 heavy (non-hydrogen) atoms. The fraction of sp³-hybridized carbons (Fsp3) is 0.500. The van der Waals surface area contributed by atoms with E-state index in [1.807, 2.05) is 31.2 Å². The van der Waals surface area contributed by atoms with Gasteiger partial charge in [0.25, 0.3) is 0 Å². The second-order valence-corrected chi connectivity index (χ2v) is 6.59. The number of likely N-dealkylation sites (tertiary alicyclic amines) is 1. The van der Waals surface area contributed by atoms with Gasteiger partial charge < -0.3 is 10.6 Å². The van der Waals surface area contributed by atoms with Gasteiger partial charge >= 0.3 is 5.69 Å². The number of fused-ring (bicyclic) bond motifs is 1. The highest BCUT2D eigenvalue weighted by Gasteiger charge is 2.27. The number of hydrogen-bond acceptors (Lipinski definition) is 3. The Hall–Kier alpha value is -2.57. The minimum Gasteiger partial charge on any atom is -0.369 e. The summed E-state index contributed by atoms with van der Waals surface area (Å²) in [6.45, 7) is 3.57. The summed E-state index contributed by atoms with van der Waals surface area (Å²) in [5.74, 6) is -0.808. The number of aromatic nitrogens is 2. The van der Waals surface area contributed by atoms with Crippen molar-refractivity contribution in [2.24, 2.45) is 11.7 Å². The molecular formula is C18H24N4O3. The first-order valence-electron chi connectivity index (χ1n) is 8.78. The number of primary amides is 1. The molecular weight excluding hydrogens is 320 g/mol.